The Morgan fingerprint density at radius 3 is 2.77 bits per heavy atom. The highest BCUT2D eigenvalue weighted by Crippen LogP contribution is 2.24. The Labute approximate surface area is 141 Å². The lowest BCUT2D eigenvalue weighted by Gasteiger charge is -1.99. The number of anilines is 1. The average Bonchev–Trinajstić information content (AvgIpc) is 3.01. The lowest BCUT2D eigenvalue weighted by Crippen LogP contribution is -1.90. The molecule has 1 N–H and O–H groups in total. The zero-order valence-electron chi connectivity index (χ0n) is 12.0. The molecule has 0 aliphatic carbocycles. The second-order valence-electron chi connectivity index (χ2n) is 4.78. The van der Waals surface area contributed by atoms with Gasteiger partial charge in [-0.2, -0.15) is 5.10 Å². The van der Waals surface area contributed by atoms with Gasteiger partial charge in [-0.15, -0.1) is 11.3 Å². The van der Waals surface area contributed by atoms with E-state index in [1.807, 2.05) is 47.8 Å². The first-order valence-electron chi connectivity index (χ1n) is 6.78. The molecule has 2 aromatic carbocycles. The number of hydrogen-bond donors (Lipinski definition) is 1. The highest BCUT2D eigenvalue weighted by atomic mass is 79.9. The van der Waals surface area contributed by atoms with Crippen LogP contribution >= 0.6 is 27.3 Å². The first kappa shape index (κ1) is 14.9. The minimum atomic E-state index is 0.779. The number of benzene rings is 2. The summed E-state index contributed by atoms with van der Waals surface area (Å²) >= 11 is 5.06. The first-order chi connectivity index (χ1) is 10.7. The third-order valence-electron chi connectivity index (χ3n) is 3.14. The third-order valence-corrected chi connectivity index (χ3v) is 4.74. The van der Waals surface area contributed by atoms with Crippen LogP contribution in [0, 0.1) is 6.92 Å². The summed E-state index contributed by atoms with van der Waals surface area (Å²) in [6.45, 7) is 2.06. The van der Waals surface area contributed by atoms with Gasteiger partial charge in [0.05, 0.1) is 11.9 Å². The Morgan fingerprint density at radius 2 is 2.00 bits per heavy atom. The third kappa shape index (κ3) is 3.61. The zero-order valence-corrected chi connectivity index (χ0v) is 14.4. The molecule has 0 amide bonds. The van der Waals surface area contributed by atoms with Gasteiger partial charge in [-0.1, -0.05) is 58.4 Å². The number of halogens is 1. The Morgan fingerprint density at radius 1 is 1.18 bits per heavy atom. The Bertz CT molecular complexity index is 797. The quantitative estimate of drug-likeness (QED) is 0.497. The lowest BCUT2D eigenvalue weighted by atomic mass is 10.2. The van der Waals surface area contributed by atoms with E-state index in [9.17, 15) is 0 Å². The summed E-state index contributed by atoms with van der Waals surface area (Å²) < 4.78 is 1.08. The smallest absolute Gasteiger partial charge is 0.203 e. The molecule has 3 rings (SSSR count). The van der Waals surface area contributed by atoms with Crippen molar-refractivity contribution in [3.63, 3.8) is 0 Å². The van der Waals surface area contributed by atoms with Crippen LogP contribution in [0.1, 0.15) is 11.1 Å². The summed E-state index contributed by atoms with van der Waals surface area (Å²) in [6, 6.07) is 16.2. The van der Waals surface area contributed by atoms with Crippen LogP contribution in [0.2, 0.25) is 0 Å². The average molecular weight is 372 g/mol. The van der Waals surface area contributed by atoms with Crippen LogP contribution < -0.4 is 5.43 Å². The van der Waals surface area contributed by atoms with Crippen molar-refractivity contribution in [3.05, 3.63) is 69.5 Å². The molecule has 1 heterocycles. The van der Waals surface area contributed by atoms with E-state index < -0.39 is 0 Å². The molecule has 5 heteroatoms. The highest BCUT2D eigenvalue weighted by molar-refractivity contribution is 9.10. The standard InChI is InChI=1S/C17H14BrN3S/c1-12-7-8-13(9-15(12)18)10-19-21-17-20-16(11-22-17)14-5-3-2-4-6-14/h2-11H,1H3,(H,20,21). The van der Waals surface area contributed by atoms with Gasteiger partial charge in [-0.25, -0.2) is 4.98 Å². The van der Waals surface area contributed by atoms with Crippen molar-refractivity contribution in [1.82, 2.24) is 4.98 Å². The number of aromatic nitrogens is 1. The lowest BCUT2D eigenvalue weighted by molar-refractivity contribution is 1.29. The van der Waals surface area contributed by atoms with E-state index in [1.165, 1.54) is 16.9 Å². The van der Waals surface area contributed by atoms with Gasteiger partial charge in [-0.05, 0) is 24.1 Å². The molecule has 0 unspecified atom stereocenters. The number of thiazole rings is 1. The van der Waals surface area contributed by atoms with Crippen LogP contribution in [0.25, 0.3) is 11.3 Å². The van der Waals surface area contributed by atoms with Gasteiger partial charge < -0.3 is 0 Å². The largest absolute Gasteiger partial charge is 0.253 e. The van der Waals surface area contributed by atoms with Crippen LogP contribution in [0.3, 0.4) is 0 Å². The van der Waals surface area contributed by atoms with Gasteiger partial charge in [0.15, 0.2) is 0 Å². The normalized spacial score (nSPS) is 11.0. The number of aryl methyl sites for hydroxylation is 1. The SMILES string of the molecule is Cc1ccc(C=NNc2nc(-c3ccccc3)cs2)cc1Br. The second kappa shape index (κ2) is 6.85. The van der Waals surface area contributed by atoms with E-state index in [-0.39, 0.29) is 0 Å². The summed E-state index contributed by atoms with van der Waals surface area (Å²) in [5, 5.41) is 7.04. The topological polar surface area (TPSA) is 37.3 Å². The first-order valence-corrected chi connectivity index (χ1v) is 8.46. The van der Waals surface area contributed by atoms with Gasteiger partial charge in [0, 0.05) is 15.4 Å². The van der Waals surface area contributed by atoms with Gasteiger partial charge >= 0.3 is 0 Å². The predicted molar refractivity (Wildman–Crippen MR) is 97.6 cm³/mol. The van der Waals surface area contributed by atoms with Gasteiger partial charge in [-0.3, -0.25) is 5.43 Å². The van der Waals surface area contributed by atoms with Crippen molar-refractivity contribution in [3.8, 4) is 11.3 Å². The monoisotopic (exact) mass is 371 g/mol. The minimum Gasteiger partial charge on any atom is -0.253 e. The van der Waals surface area contributed by atoms with E-state index in [0.29, 0.717) is 0 Å². The minimum absolute atomic E-state index is 0.779. The molecule has 0 bridgehead atoms. The van der Waals surface area contributed by atoms with Crippen LogP contribution in [0.5, 0.6) is 0 Å². The molecule has 0 radical (unpaired) electrons. The predicted octanol–water partition coefficient (Wildman–Crippen LogP) is 5.33. The van der Waals surface area contributed by atoms with Crippen LogP contribution in [-0.4, -0.2) is 11.2 Å². The molecule has 0 saturated heterocycles. The molecule has 3 aromatic rings. The summed E-state index contributed by atoms with van der Waals surface area (Å²) in [5.41, 5.74) is 7.29. The summed E-state index contributed by atoms with van der Waals surface area (Å²) in [4.78, 5) is 4.53. The Kier molecular flexibility index (Phi) is 4.65. The van der Waals surface area contributed by atoms with E-state index in [1.54, 1.807) is 6.21 Å². The van der Waals surface area contributed by atoms with Gasteiger partial charge in [0.25, 0.3) is 0 Å². The zero-order chi connectivity index (χ0) is 15.4. The molecule has 0 aliphatic heterocycles. The van der Waals surface area contributed by atoms with E-state index in [0.717, 1.165) is 26.4 Å². The Balaban J connectivity index is 1.68. The fraction of sp³-hybridized carbons (Fsp3) is 0.0588. The van der Waals surface area contributed by atoms with Crippen molar-refractivity contribution < 1.29 is 0 Å². The summed E-state index contributed by atoms with van der Waals surface area (Å²) in [6.07, 6.45) is 1.79. The fourth-order valence-corrected chi connectivity index (χ4v) is 2.98. The second-order valence-corrected chi connectivity index (χ2v) is 6.49. The number of hydrogen-bond acceptors (Lipinski definition) is 4. The van der Waals surface area contributed by atoms with Crippen molar-refractivity contribution in [2.24, 2.45) is 5.10 Å². The van der Waals surface area contributed by atoms with E-state index in [4.69, 9.17) is 0 Å². The number of nitrogens with one attached hydrogen (secondary N) is 1. The fourth-order valence-electron chi connectivity index (χ4n) is 1.92. The molecule has 110 valence electrons. The van der Waals surface area contributed by atoms with Crippen molar-refractivity contribution >= 4 is 38.6 Å². The van der Waals surface area contributed by atoms with E-state index >= 15 is 0 Å². The summed E-state index contributed by atoms with van der Waals surface area (Å²) in [7, 11) is 0. The number of rotatable bonds is 4. The molecular formula is C17H14BrN3S. The highest BCUT2D eigenvalue weighted by Gasteiger charge is 2.02. The molecule has 22 heavy (non-hydrogen) atoms. The maximum absolute atomic E-state index is 4.53. The molecular weight excluding hydrogens is 358 g/mol. The Hall–Kier alpha value is -1.98. The summed E-state index contributed by atoms with van der Waals surface area (Å²) in [5.74, 6) is 0. The molecule has 0 atom stereocenters. The number of hydrazone groups is 1. The van der Waals surface area contributed by atoms with Gasteiger partial charge in [0.1, 0.15) is 0 Å². The molecule has 0 spiro atoms. The van der Waals surface area contributed by atoms with Crippen molar-refractivity contribution in [1.29, 1.82) is 0 Å². The van der Waals surface area contributed by atoms with Gasteiger partial charge in [0.2, 0.25) is 5.13 Å². The molecule has 1 aromatic heterocycles. The van der Waals surface area contributed by atoms with Crippen LogP contribution in [0.4, 0.5) is 5.13 Å². The van der Waals surface area contributed by atoms with Crippen molar-refractivity contribution in [2.75, 3.05) is 5.43 Å². The van der Waals surface area contributed by atoms with Crippen LogP contribution in [0.15, 0.2) is 63.5 Å². The molecule has 0 aliphatic rings. The number of nitrogens with zero attached hydrogens (tertiary/aromatic N) is 2. The maximum Gasteiger partial charge on any atom is 0.203 e. The van der Waals surface area contributed by atoms with Crippen molar-refractivity contribution in [2.45, 2.75) is 6.92 Å². The van der Waals surface area contributed by atoms with E-state index in [2.05, 4.69) is 44.4 Å². The molecule has 0 saturated carbocycles. The molecule has 3 nitrogen and oxygen atoms in total. The maximum atomic E-state index is 4.53. The molecule has 0 fully saturated rings. The van der Waals surface area contributed by atoms with Crippen LogP contribution in [-0.2, 0) is 0 Å².